The van der Waals surface area contributed by atoms with E-state index in [4.69, 9.17) is 0 Å². The van der Waals surface area contributed by atoms with Crippen molar-refractivity contribution < 1.29 is 12.8 Å². The Morgan fingerprint density at radius 2 is 2.00 bits per heavy atom. The number of fused-ring (bicyclic) bond motifs is 1. The van der Waals surface area contributed by atoms with E-state index >= 15 is 0 Å². The highest BCUT2D eigenvalue weighted by molar-refractivity contribution is 7.91. The highest BCUT2D eigenvalue weighted by Gasteiger charge is 2.31. The predicted molar refractivity (Wildman–Crippen MR) is 93.3 cm³/mol. The first kappa shape index (κ1) is 15.8. The van der Waals surface area contributed by atoms with Crippen molar-refractivity contribution in [3.8, 4) is 0 Å². The van der Waals surface area contributed by atoms with Crippen molar-refractivity contribution in [3.05, 3.63) is 53.3 Å². The van der Waals surface area contributed by atoms with Crippen LogP contribution in [-0.4, -0.2) is 30.8 Å². The zero-order chi connectivity index (χ0) is 16.7. The number of nitrogens with zero attached hydrogens (tertiary/aromatic N) is 1. The molecule has 2 aromatic heterocycles. The molecule has 1 fully saturated rings. The van der Waals surface area contributed by atoms with Gasteiger partial charge in [-0.2, -0.15) is 4.31 Å². The minimum Gasteiger partial charge on any atom is -0.361 e. The van der Waals surface area contributed by atoms with Gasteiger partial charge in [0.15, 0.2) is 0 Å². The van der Waals surface area contributed by atoms with E-state index in [9.17, 15) is 12.8 Å². The number of benzene rings is 1. The van der Waals surface area contributed by atoms with Gasteiger partial charge in [0, 0.05) is 30.2 Å². The summed E-state index contributed by atoms with van der Waals surface area (Å²) in [4.78, 5) is 3.12. The van der Waals surface area contributed by atoms with Gasteiger partial charge >= 0.3 is 0 Å². The van der Waals surface area contributed by atoms with Crippen LogP contribution in [0.1, 0.15) is 24.3 Å². The molecule has 0 radical (unpaired) electrons. The fourth-order valence-corrected chi connectivity index (χ4v) is 6.02. The van der Waals surface area contributed by atoms with Crippen molar-refractivity contribution in [2.45, 2.75) is 23.0 Å². The first-order valence-electron chi connectivity index (χ1n) is 7.86. The van der Waals surface area contributed by atoms with E-state index in [1.165, 1.54) is 23.5 Å². The molecule has 1 saturated heterocycles. The second kappa shape index (κ2) is 5.98. The van der Waals surface area contributed by atoms with Gasteiger partial charge in [-0.25, -0.2) is 12.8 Å². The van der Waals surface area contributed by atoms with Crippen LogP contribution in [0.25, 0.3) is 10.9 Å². The molecule has 4 nitrogen and oxygen atoms in total. The molecule has 1 aromatic carbocycles. The third kappa shape index (κ3) is 2.66. The van der Waals surface area contributed by atoms with E-state index in [1.54, 1.807) is 27.9 Å². The van der Waals surface area contributed by atoms with E-state index in [1.807, 2.05) is 6.20 Å². The molecule has 0 atom stereocenters. The Morgan fingerprint density at radius 3 is 2.71 bits per heavy atom. The number of halogens is 1. The smallest absolute Gasteiger partial charge is 0.252 e. The Morgan fingerprint density at radius 1 is 1.21 bits per heavy atom. The van der Waals surface area contributed by atoms with Crippen LogP contribution in [0.5, 0.6) is 0 Å². The number of thiophene rings is 1. The Hall–Kier alpha value is -1.70. The Kier molecular flexibility index (Phi) is 3.94. The first-order chi connectivity index (χ1) is 11.6. The van der Waals surface area contributed by atoms with Crippen LogP contribution in [-0.2, 0) is 10.0 Å². The molecule has 0 saturated carbocycles. The number of rotatable bonds is 3. The Bertz CT molecular complexity index is 956. The van der Waals surface area contributed by atoms with Crippen LogP contribution >= 0.6 is 11.3 Å². The van der Waals surface area contributed by atoms with Crippen LogP contribution < -0.4 is 0 Å². The fraction of sp³-hybridized carbons (Fsp3) is 0.294. The maximum Gasteiger partial charge on any atom is 0.252 e. The largest absolute Gasteiger partial charge is 0.361 e. The molecule has 126 valence electrons. The van der Waals surface area contributed by atoms with E-state index in [-0.39, 0.29) is 5.82 Å². The fourth-order valence-electron chi connectivity index (χ4n) is 3.40. The molecule has 3 aromatic rings. The van der Waals surface area contributed by atoms with Crippen molar-refractivity contribution in [3.63, 3.8) is 0 Å². The lowest BCUT2D eigenvalue weighted by Gasteiger charge is -2.30. The molecule has 4 rings (SSSR count). The lowest BCUT2D eigenvalue weighted by Crippen LogP contribution is -2.37. The summed E-state index contributed by atoms with van der Waals surface area (Å²) in [6.45, 7) is 1.03. The van der Waals surface area contributed by atoms with Gasteiger partial charge in [-0.1, -0.05) is 6.07 Å². The highest BCUT2D eigenvalue weighted by Crippen LogP contribution is 2.35. The van der Waals surface area contributed by atoms with Gasteiger partial charge in [-0.3, -0.25) is 0 Å². The number of piperidine rings is 1. The normalized spacial score (nSPS) is 17.5. The van der Waals surface area contributed by atoms with Crippen molar-refractivity contribution >= 4 is 32.3 Å². The second-order valence-corrected chi connectivity index (χ2v) is 9.16. The average molecular weight is 364 g/mol. The summed E-state index contributed by atoms with van der Waals surface area (Å²) >= 11 is 1.26. The van der Waals surface area contributed by atoms with Crippen LogP contribution in [0.4, 0.5) is 4.39 Å². The van der Waals surface area contributed by atoms with Gasteiger partial charge in [-0.05, 0) is 54.0 Å². The third-order valence-electron chi connectivity index (χ3n) is 4.66. The van der Waals surface area contributed by atoms with Crippen LogP contribution in [0.15, 0.2) is 46.1 Å². The molecule has 1 aliphatic rings. The standard InChI is InChI=1S/C17H17FN2O2S2/c18-13-3-4-14-15(11-19-16(14)10-13)12-5-7-20(8-6-12)24(21,22)17-2-1-9-23-17/h1-4,9-12,19H,5-8H2. The molecule has 0 spiro atoms. The van der Waals surface area contributed by atoms with Crippen LogP contribution in [0, 0.1) is 5.82 Å². The quantitative estimate of drug-likeness (QED) is 0.765. The van der Waals surface area contributed by atoms with Crippen LogP contribution in [0.2, 0.25) is 0 Å². The summed E-state index contributed by atoms with van der Waals surface area (Å²) in [7, 11) is -3.36. The summed E-state index contributed by atoms with van der Waals surface area (Å²) in [6.07, 6.45) is 3.47. The number of aromatic nitrogens is 1. The van der Waals surface area contributed by atoms with E-state index in [2.05, 4.69) is 4.98 Å². The summed E-state index contributed by atoms with van der Waals surface area (Å²) in [5.41, 5.74) is 1.94. The number of nitrogens with one attached hydrogen (secondary N) is 1. The Balaban J connectivity index is 1.54. The molecule has 1 aliphatic heterocycles. The van der Waals surface area contributed by atoms with Crippen molar-refractivity contribution in [2.24, 2.45) is 0 Å². The number of H-pyrrole nitrogens is 1. The lowest BCUT2D eigenvalue weighted by molar-refractivity contribution is 0.321. The van der Waals surface area contributed by atoms with Gasteiger partial charge in [0.2, 0.25) is 0 Å². The molecule has 7 heteroatoms. The predicted octanol–water partition coefficient (Wildman–Crippen LogP) is 3.94. The number of sulfonamides is 1. The minimum atomic E-state index is -3.36. The SMILES string of the molecule is O=S(=O)(c1cccs1)N1CCC(c2c[nH]c3cc(F)ccc23)CC1. The van der Waals surface area contributed by atoms with Gasteiger partial charge in [0.1, 0.15) is 10.0 Å². The number of hydrogen-bond acceptors (Lipinski definition) is 3. The monoisotopic (exact) mass is 364 g/mol. The van der Waals surface area contributed by atoms with Crippen molar-refractivity contribution in [1.82, 2.24) is 9.29 Å². The average Bonchev–Trinajstić information content (AvgIpc) is 3.24. The molecule has 24 heavy (non-hydrogen) atoms. The molecule has 0 bridgehead atoms. The molecule has 0 unspecified atom stereocenters. The maximum absolute atomic E-state index is 13.3. The lowest BCUT2D eigenvalue weighted by atomic mass is 9.90. The number of aromatic amines is 1. The summed E-state index contributed by atoms with van der Waals surface area (Å²) in [5.74, 6) is 0.0340. The number of hydrogen-bond donors (Lipinski definition) is 1. The van der Waals surface area contributed by atoms with E-state index in [0.717, 1.165) is 29.3 Å². The summed E-state index contributed by atoms with van der Waals surface area (Å²) < 4.78 is 40.5. The van der Waals surface area contributed by atoms with Gasteiger partial charge in [-0.15, -0.1) is 11.3 Å². The van der Waals surface area contributed by atoms with Gasteiger partial charge in [0.25, 0.3) is 10.0 Å². The molecular formula is C17H17FN2O2S2. The summed E-state index contributed by atoms with van der Waals surface area (Å²) in [5, 5.41) is 2.81. The summed E-state index contributed by atoms with van der Waals surface area (Å²) in [6, 6.07) is 8.17. The maximum atomic E-state index is 13.3. The van der Waals surface area contributed by atoms with Gasteiger partial charge in [0.05, 0.1) is 0 Å². The highest BCUT2D eigenvalue weighted by atomic mass is 32.2. The van der Waals surface area contributed by atoms with Crippen molar-refractivity contribution in [2.75, 3.05) is 13.1 Å². The first-order valence-corrected chi connectivity index (χ1v) is 10.2. The topological polar surface area (TPSA) is 53.2 Å². The molecule has 1 N–H and O–H groups in total. The minimum absolute atomic E-state index is 0.257. The van der Waals surface area contributed by atoms with E-state index in [0.29, 0.717) is 23.2 Å². The zero-order valence-electron chi connectivity index (χ0n) is 12.9. The Labute approximate surface area is 144 Å². The third-order valence-corrected chi connectivity index (χ3v) is 7.93. The molecule has 3 heterocycles. The molecule has 0 amide bonds. The van der Waals surface area contributed by atoms with E-state index < -0.39 is 10.0 Å². The van der Waals surface area contributed by atoms with Crippen molar-refractivity contribution in [1.29, 1.82) is 0 Å². The van der Waals surface area contributed by atoms with Gasteiger partial charge < -0.3 is 4.98 Å². The zero-order valence-corrected chi connectivity index (χ0v) is 14.5. The molecular weight excluding hydrogens is 347 g/mol. The second-order valence-electron chi connectivity index (χ2n) is 6.04. The molecule has 0 aliphatic carbocycles. The van der Waals surface area contributed by atoms with Crippen LogP contribution in [0.3, 0.4) is 0 Å².